The Morgan fingerprint density at radius 1 is 0.818 bits per heavy atom. The van der Waals surface area contributed by atoms with Crippen LogP contribution in [0.4, 0.5) is 0 Å². The first kappa shape index (κ1) is 23.0. The Bertz CT molecular complexity index is 977. The van der Waals surface area contributed by atoms with Crippen molar-refractivity contribution in [2.45, 2.75) is 45.1 Å². The summed E-state index contributed by atoms with van der Waals surface area (Å²) in [5.41, 5.74) is 2.32. The molecule has 0 saturated carbocycles. The third-order valence-electron chi connectivity index (χ3n) is 6.82. The molecule has 2 aromatic rings. The molecule has 2 aromatic carbocycles. The van der Waals surface area contributed by atoms with Crippen molar-refractivity contribution in [1.29, 1.82) is 0 Å². The Kier molecular flexibility index (Phi) is 7.43. The lowest BCUT2D eigenvalue weighted by atomic mass is 9.87. The number of carbonyl (C=O) groups is 3. The largest absolute Gasteiger partial charge is 0.341 e. The van der Waals surface area contributed by atoms with Crippen molar-refractivity contribution in [2.24, 2.45) is 5.92 Å². The number of amides is 3. The Morgan fingerprint density at radius 3 is 2.15 bits per heavy atom. The lowest BCUT2D eigenvalue weighted by Gasteiger charge is -2.38. The van der Waals surface area contributed by atoms with Crippen LogP contribution >= 0.6 is 0 Å². The van der Waals surface area contributed by atoms with Gasteiger partial charge in [-0.1, -0.05) is 35.9 Å². The Hall–Kier alpha value is -3.15. The van der Waals surface area contributed by atoms with Crippen LogP contribution < -0.4 is 5.32 Å². The number of rotatable bonds is 5. The third kappa shape index (κ3) is 5.62. The zero-order chi connectivity index (χ0) is 23.2. The number of aryl methyl sites for hydroxylation is 1. The van der Waals surface area contributed by atoms with Crippen LogP contribution in [0.3, 0.4) is 0 Å². The summed E-state index contributed by atoms with van der Waals surface area (Å²) in [5.74, 6) is -0.162. The molecular weight excluding hydrogens is 414 g/mol. The molecule has 1 N–H and O–H groups in total. The standard InChI is InChI=1S/C27H33N3O3/c1-20-9-8-12-23(19-20)26(32)30-17-13-21(14-18-30)24(27(33)29-15-6-3-7-16-29)28-25(31)22-10-4-2-5-11-22/h2,4-5,8-12,19,21,24H,3,6-7,13-18H2,1H3,(H,28,31). The van der Waals surface area contributed by atoms with Gasteiger partial charge < -0.3 is 15.1 Å². The van der Waals surface area contributed by atoms with E-state index in [1.807, 2.05) is 59.2 Å². The van der Waals surface area contributed by atoms with Gasteiger partial charge in [-0.05, 0) is 69.2 Å². The van der Waals surface area contributed by atoms with Gasteiger partial charge in [0, 0.05) is 37.3 Å². The highest BCUT2D eigenvalue weighted by molar-refractivity contribution is 5.97. The number of benzene rings is 2. The van der Waals surface area contributed by atoms with Gasteiger partial charge in [-0.25, -0.2) is 0 Å². The van der Waals surface area contributed by atoms with Gasteiger partial charge in [-0.2, -0.15) is 0 Å². The highest BCUT2D eigenvalue weighted by Crippen LogP contribution is 2.25. The second kappa shape index (κ2) is 10.6. The monoisotopic (exact) mass is 447 g/mol. The minimum Gasteiger partial charge on any atom is -0.341 e. The SMILES string of the molecule is Cc1cccc(C(=O)N2CCC(C(NC(=O)c3ccccc3)C(=O)N3CCCCC3)CC2)c1. The van der Waals surface area contributed by atoms with Crippen LogP contribution in [0.25, 0.3) is 0 Å². The maximum Gasteiger partial charge on any atom is 0.253 e. The van der Waals surface area contributed by atoms with Crippen LogP contribution in [-0.4, -0.2) is 59.7 Å². The summed E-state index contributed by atoms with van der Waals surface area (Å²) in [6.07, 6.45) is 4.54. The lowest BCUT2D eigenvalue weighted by Crippen LogP contribution is -2.55. The summed E-state index contributed by atoms with van der Waals surface area (Å²) >= 11 is 0. The molecule has 1 unspecified atom stereocenters. The van der Waals surface area contributed by atoms with Crippen molar-refractivity contribution in [2.75, 3.05) is 26.2 Å². The van der Waals surface area contributed by atoms with E-state index in [1.165, 1.54) is 0 Å². The molecule has 0 aromatic heterocycles. The Morgan fingerprint density at radius 2 is 1.48 bits per heavy atom. The summed E-state index contributed by atoms with van der Waals surface area (Å²) in [4.78, 5) is 43.1. The molecule has 1 atom stereocenters. The van der Waals surface area contributed by atoms with Gasteiger partial charge in [0.25, 0.3) is 11.8 Å². The third-order valence-corrected chi connectivity index (χ3v) is 6.82. The van der Waals surface area contributed by atoms with E-state index in [1.54, 1.807) is 12.1 Å². The quantitative estimate of drug-likeness (QED) is 0.761. The smallest absolute Gasteiger partial charge is 0.253 e. The lowest BCUT2D eigenvalue weighted by molar-refractivity contribution is -0.136. The van der Waals surface area contributed by atoms with Crippen molar-refractivity contribution in [1.82, 2.24) is 15.1 Å². The molecule has 2 heterocycles. The first-order valence-electron chi connectivity index (χ1n) is 12.0. The van der Waals surface area contributed by atoms with Crippen molar-refractivity contribution in [3.05, 3.63) is 71.3 Å². The van der Waals surface area contributed by atoms with E-state index < -0.39 is 6.04 Å². The van der Waals surface area contributed by atoms with Gasteiger partial charge in [0.1, 0.15) is 6.04 Å². The second-order valence-electron chi connectivity index (χ2n) is 9.20. The van der Waals surface area contributed by atoms with Gasteiger partial charge in [0.05, 0.1) is 0 Å². The first-order valence-corrected chi connectivity index (χ1v) is 12.0. The molecule has 3 amide bonds. The molecule has 4 rings (SSSR count). The van der Waals surface area contributed by atoms with Crippen LogP contribution in [0.1, 0.15) is 58.4 Å². The summed E-state index contributed by atoms with van der Waals surface area (Å²) < 4.78 is 0. The van der Waals surface area contributed by atoms with E-state index in [4.69, 9.17) is 0 Å². The molecule has 2 saturated heterocycles. The number of piperidine rings is 2. The summed E-state index contributed by atoms with van der Waals surface area (Å²) in [5, 5.41) is 3.05. The molecule has 174 valence electrons. The van der Waals surface area contributed by atoms with E-state index in [2.05, 4.69) is 5.32 Å². The molecule has 0 bridgehead atoms. The zero-order valence-electron chi connectivity index (χ0n) is 19.3. The van der Waals surface area contributed by atoms with E-state index in [9.17, 15) is 14.4 Å². The van der Waals surface area contributed by atoms with Crippen LogP contribution in [0.15, 0.2) is 54.6 Å². The van der Waals surface area contributed by atoms with Crippen molar-refractivity contribution >= 4 is 17.7 Å². The predicted octanol–water partition coefficient (Wildman–Crippen LogP) is 3.66. The van der Waals surface area contributed by atoms with Crippen LogP contribution in [0, 0.1) is 12.8 Å². The number of nitrogens with zero attached hydrogens (tertiary/aromatic N) is 2. The minimum absolute atomic E-state index is 0.00801. The maximum atomic E-state index is 13.5. The second-order valence-corrected chi connectivity index (χ2v) is 9.20. The van der Waals surface area contributed by atoms with Gasteiger partial charge in [-0.15, -0.1) is 0 Å². The normalized spacial score (nSPS) is 18.0. The van der Waals surface area contributed by atoms with Gasteiger partial charge in [0.2, 0.25) is 5.91 Å². The van der Waals surface area contributed by atoms with E-state index in [0.29, 0.717) is 37.1 Å². The molecule has 2 fully saturated rings. The van der Waals surface area contributed by atoms with Gasteiger partial charge >= 0.3 is 0 Å². The van der Waals surface area contributed by atoms with E-state index in [0.717, 1.165) is 37.9 Å². The van der Waals surface area contributed by atoms with Crippen molar-refractivity contribution < 1.29 is 14.4 Å². The molecule has 33 heavy (non-hydrogen) atoms. The molecule has 2 aliphatic rings. The van der Waals surface area contributed by atoms with Crippen LogP contribution in [0.5, 0.6) is 0 Å². The topological polar surface area (TPSA) is 69.7 Å². The van der Waals surface area contributed by atoms with Crippen LogP contribution in [-0.2, 0) is 4.79 Å². The minimum atomic E-state index is -0.563. The summed E-state index contributed by atoms with van der Waals surface area (Å²) in [6, 6.07) is 16.1. The molecular formula is C27H33N3O3. The zero-order valence-corrected chi connectivity index (χ0v) is 19.3. The Labute approximate surface area is 196 Å². The van der Waals surface area contributed by atoms with Gasteiger partial charge in [-0.3, -0.25) is 14.4 Å². The molecule has 0 radical (unpaired) electrons. The van der Waals surface area contributed by atoms with Crippen LogP contribution in [0.2, 0.25) is 0 Å². The number of hydrogen-bond acceptors (Lipinski definition) is 3. The molecule has 6 heteroatoms. The molecule has 0 aliphatic carbocycles. The molecule has 2 aliphatic heterocycles. The highest BCUT2D eigenvalue weighted by Gasteiger charge is 2.36. The fourth-order valence-corrected chi connectivity index (χ4v) is 4.90. The predicted molar refractivity (Wildman–Crippen MR) is 128 cm³/mol. The Balaban J connectivity index is 1.45. The number of hydrogen-bond donors (Lipinski definition) is 1. The summed E-state index contributed by atoms with van der Waals surface area (Å²) in [7, 11) is 0. The fourth-order valence-electron chi connectivity index (χ4n) is 4.90. The molecule has 6 nitrogen and oxygen atoms in total. The average Bonchev–Trinajstić information content (AvgIpc) is 2.87. The average molecular weight is 448 g/mol. The van der Waals surface area contributed by atoms with E-state index in [-0.39, 0.29) is 23.6 Å². The van der Waals surface area contributed by atoms with Crippen molar-refractivity contribution in [3.63, 3.8) is 0 Å². The number of nitrogens with one attached hydrogen (secondary N) is 1. The molecule has 0 spiro atoms. The van der Waals surface area contributed by atoms with E-state index >= 15 is 0 Å². The fraction of sp³-hybridized carbons (Fsp3) is 0.444. The highest BCUT2D eigenvalue weighted by atomic mass is 16.2. The maximum absolute atomic E-state index is 13.5. The number of likely N-dealkylation sites (tertiary alicyclic amines) is 2. The van der Waals surface area contributed by atoms with Crippen molar-refractivity contribution in [3.8, 4) is 0 Å². The first-order chi connectivity index (χ1) is 16.0. The summed E-state index contributed by atoms with van der Waals surface area (Å²) in [6.45, 7) is 4.66. The number of carbonyl (C=O) groups excluding carboxylic acids is 3. The van der Waals surface area contributed by atoms with Gasteiger partial charge in [0.15, 0.2) is 0 Å².